The first-order valence-corrected chi connectivity index (χ1v) is 6.32. The van der Waals surface area contributed by atoms with Crippen LogP contribution < -0.4 is 10.1 Å². The van der Waals surface area contributed by atoms with Crippen LogP contribution in [0.1, 0.15) is 16.8 Å². The van der Waals surface area contributed by atoms with Crippen LogP contribution in [0.3, 0.4) is 0 Å². The second-order valence-corrected chi connectivity index (χ2v) is 4.46. The summed E-state index contributed by atoms with van der Waals surface area (Å²) >= 11 is 0. The number of benzene rings is 1. The molecule has 0 saturated carbocycles. The predicted molar refractivity (Wildman–Crippen MR) is 71.6 cm³/mol. The Kier molecular flexibility index (Phi) is 3.18. The number of hydrogen-bond donors (Lipinski definition) is 1. The van der Waals surface area contributed by atoms with Gasteiger partial charge in [-0.15, -0.1) is 0 Å². The van der Waals surface area contributed by atoms with Crippen molar-refractivity contribution < 1.29 is 9.53 Å². The Morgan fingerprint density at radius 3 is 3.21 bits per heavy atom. The number of anilines is 1. The van der Waals surface area contributed by atoms with Crippen LogP contribution in [0.2, 0.25) is 0 Å². The summed E-state index contributed by atoms with van der Waals surface area (Å²) in [7, 11) is 0. The summed E-state index contributed by atoms with van der Waals surface area (Å²) in [5, 5.41) is 3.22. The zero-order chi connectivity index (χ0) is 13.1. The minimum Gasteiger partial charge on any atom is -0.492 e. The first-order chi connectivity index (χ1) is 9.33. The molecule has 98 valence electrons. The number of Topliss-reactive ketones (excluding diaryl/α,β-unsaturated/α-hetero) is 1. The smallest absolute Gasteiger partial charge is 0.166 e. The van der Waals surface area contributed by atoms with E-state index in [0.717, 1.165) is 23.5 Å². The van der Waals surface area contributed by atoms with Gasteiger partial charge in [-0.3, -0.25) is 4.79 Å². The first-order valence-electron chi connectivity index (χ1n) is 6.32. The van der Waals surface area contributed by atoms with E-state index < -0.39 is 0 Å². The van der Waals surface area contributed by atoms with E-state index >= 15 is 0 Å². The molecule has 19 heavy (non-hydrogen) atoms. The van der Waals surface area contributed by atoms with E-state index in [2.05, 4.69) is 10.3 Å². The molecular formula is C14H15N3O2. The van der Waals surface area contributed by atoms with E-state index in [4.69, 9.17) is 4.74 Å². The highest BCUT2D eigenvalue weighted by Gasteiger charge is 2.16. The van der Waals surface area contributed by atoms with Crippen LogP contribution in [0.15, 0.2) is 36.9 Å². The minimum absolute atomic E-state index is 0.193. The van der Waals surface area contributed by atoms with Gasteiger partial charge in [0.15, 0.2) is 5.78 Å². The molecule has 0 bridgehead atoms. The van der Waals surface area contributed by atoms with Crippen molar-refractivity contribution in [3.05, 3.63) is 42.5 Å². The largest absolute Gasteiger partial charge is 0.492 e. The van der Waals surface area contributed by atoms with Gasteiger partial charge in [0.2, 0.25) is 0 Å². The van der Waals surface area contributed by atoms with Crippen molar-refractivity contribution in [3.8, 4) is 5.75 Å². The van der Waals surface area contributed by atoms with E-state index in [0.29, 0.717) is 19.6 Å². The molecule has 1 aliphatic heterocycles. The van der Waals surface area contributed by atoms with Gasteiger partial charge in [0.25, 0.3) is 0 Å². The zero-order valence-electron chi connectivity index (χ0n) is 10.5. The van der Waals surface area contributed by atoms with E-state index in [1.807, 2.05) is 29.0 Å². The van der Waals surface area contributed by atoms with Crippen LogP contribution in [-0.4, -0.2) is 28.5 Å². The van der Waals surface area contributed by atoms with Gasteiger partial charge < -0.3 is 14.6 Å². The van der Waals surface area contributed by atoms with Crippen molar-refractivity contribution in [3.63, 3.8) is 0 Å². The van der Waals surface area contributed by atoms with Crippen LogP contribution in [0, 0.1) is 0 Å². The Hall–Kier alpha value is -2.30. The minimum atomic E-state index is 0.193. The number of ketones is 1. The molecule has 1 N–H and O–H groups in total. The van der Waals surface area contributed by atoms with Crippen molar-refractivity contribution in [1.82, 2.24) is 9.55 Å². The number of nitrogens with zero attached hydrogens (tertiary/aromatic N) is 2. The molecule has 2 heterocycles. The Labute approximate surface area is 111 Å². The average Bonchev–Trinajstić information content (AvgIpc) is 2.92. The molecule has 5 nitrogen and oxygen atoms in total. The van der Waals surface area contributed by atoms with Gasteiger partial charge in [-0.1, -0.05) is 0 Å². The van der Waals surface area contributed by atoms with Gasteiger partial charge >= 0.3 is 0 Å². The highest BCUT2D eigenvalue weighted by Crippen LogP contribution is 2.26. The van der Waals surface area contributed by atoms with Crippen LogP contribution in [-0.2, 0) is 6.54 Å². The van der Waals surface area contributed by atoms with Crippen LogP contribution in [0.4, 0.5) is 5.69 Å². The Balaban J connectivity index is 1.64. The topological polar surface area (TPSA) is 56.1 Å². The molecule has 3 rings (SSSR count). The number of aromatic nitrogens is 2. The van der Waals surface area contributed by atoms with Gasteiger partial charge in [-0.05, 0) is 12.1 Å². The highest BCUT2D eigenvalue weighted by atomic mass is 16.5. The fourth-order valence-corrected chi connectivity index (χ4v) is 2.14. The lowest BCUT2D eigenvalue weighted by Crippen LogP contribution is -2.17. The van der Waals surface area contributed by atoms with Crippen LogP contribution in [0.25, 0.3) is 0 Å². The molecule has 0 saturated heterocycles. The zero-order valence-corrected chi connectivity index (χ0v) is 10.5. The molecule has 5 heteroatoms. The summed E-state index contributed by atoms with van der Waals surface area (Å²) in [5.41, 5.74) is 1.63. The summed E-state index contributed by atoms with van der Waals surface area (Å²) in [5.74, 6) is 0.972. The van der Waals surface area contributed by atoms with E-state index in [-0.39, 0.29) is 5.78 Å². The highest BCUT2D eigenvalue weighted by molar-refractivity contribution is 6.03. The first kappa shape index (κ1) is 11.8. The van der Waals surface area contributed by atoms with Crippen molar-refractivity contribution in [1.29, 1.82) is 0 Å². The monoisotopic (exact) mass is 257 g/mol. The number of carbonyl (C=O) groups excluding carboxylic acids is 1. The SMILES string of the molecule is O=C1CCNc2cc(OCCn3ccnc3)ccc21. The molecule has 0 atom stereocenters. The lowest BCUT2D eigenvalue weighted by molar-refractivity contribution is 0.0983. The lowest BCUT2D eigenvalue weighted by Gasteiger charge is -2.18. The summed E-state index contributed by atoms with van der Waals surface area (Å²) in [6.07, 6.45) is 5.97. The molecule has 0 aliphatic carbocycles. The lowest BCUT2D eigenvalue weighted by atomic mass is 10.0. The average molecular weight is 257 g/mol. The van der Waals surface area contributed by atoms with Crippen molar-refractivity contribution in [2.45, 2.75) is 13.0 Å². The third-order valence-electron chi connectivity index (χ3n) is 3.14. The van der Waals surface area contributed by atoms with Gasteiger partial charge in [-0.2, -0.15) is 0 Å². The van der Waals surface area contributed by atoms with Gasteiger partial charge in [0.1, 0.15) is 12.4 Å². The Morgan fingerprint density at radius 1 is 1.42 bits per heavy atom. The fourth-order valence-electron chi connectivity index (χ4n) is 2.14. The third-order valence-corrected chi connectivity index (χ3v) is 3.14. The summed E-state index contributed by atoms with van der Waals surface area (Å²) in [4.78, 5) is 15.6. The van der Waals surface area contributed by atoms with Crippen molar-refractivity contribution in [2.75, 3.05) is 18.5 Å². The third kappa shape index (κ3) is 2.59. The van der Waals surface area contributed by atoms with Gasteiger partial charge in [-0.25, -0.2) is 4.98 Å². The molecule has 1 aromatic carbocycles. The maximum Gasteiger partial charge on any atom is 0.166 e. The normalized spacial score (nSPS) is 13.8. The molecule has 0 fully saturated rings. The number of rotatable bonds is 4. The van der Waals surface area contributed by atoms with Gasteiger partial charge in [0, 0.05) is 42.7 Å². The van der Waals surface area contributed by atoms with E-state index in [1.165, 1.54) is 0 Å². The molecule has 1 aliphatic rings. The fraction of sp³-hybridized carbons (Fsp3) is 0.286. The number of nitrogens with one attached hydrogen (secondary N) is 1. The summed E-state index contributed by atoms with van der Waals surface area (Å²) in [6, 6.07) is 5.56. The van der Waals surface area contributed by atoms with Crippen LogP contribution >= 0.6 is 0 Å². The maximum absolute atomic E-state index is 11.7. The number of carbonyl (C=O) groups is 1. The number of fused-ring (bicyclic) bond motifs is 1. The second-order valence-electron chi connectivity index (χ2n) is 4.46. The van der Waals surface area contributed by atoms with Crippen molar-refractivity contribution >= 4 is 11.5 Å². The molecule has 0 radical (unpaired) electrons. The molecule has 2 aromatic rings. The number of imidazole rings is 1. The number of ether oxygens (including phenoxy) is 1. The molecule has 0 amide bonds. The second kappa shape index (κ2) is 5.14. The Bertz CT molecular complexity index is 578. The predicted octanol–water partition coefficient (Wildman–Crippen LogP) is 1.96. The van der Waals surface area contributed by atoms with Crippen molar-refractivity contribution in [2.24, 2.45) is 0 Å². The Morgan fingerprint density at radius 2 is 2.37 bits per heavy atom. The maximum atomic E-state index is 11.7. The van der Waals surface area contributed by atoms with Crippen LogP contribution in [0.5, 0.6) is 5.75 Å². The molecule has 1 aromatic heterocycles. The molecule has 0 spiro atoms. The van der Waals surface area contributed by atoms with E-state index in [1.54, 1.807) is 12.5 Å². The summed E-state index contributed by atoms with van der Waals surface area (Å²) in [6.45, 7) is 2.02. The summed E-state index contributed by atoms with van der Waals surface area (Å²) < 4.78 is 7.64. The number of hydrogen-bond acceptors (Lipinski definition) is 4. The molecular weight excluding hydrogens is 242 g/mol. The molecule has 0 unspecified atom stereocenters. The van der Waals surface area contributed by atoms with Gasteiger partial charge in [0.05, 0.1) is 12.9 Å². The quantitative estimate of drug-likeness (QED) is 0.909. The van der Waals surface area contributed by atoms with E-state index in [9.17, 15) is 4.79 Å². The standard InChI is InChI=1S/C14H15N3O2/c18-14-3-4-16-13-9-11(1-2-12(13)14)19-8-7-17-6-5-15-10-17/h1-2,5-6,9-10,16H,3-4,7-8H2.